The maximum Gasteiger partial charge on any atom is 0.337 e. The molecule has 0 aromatic heterocycles. The molecule has 0 saturated heterocycles. The molecule has 0 aromatic rings. The van der Waals surface area contributed by atoms with Crippen molar-refractivity contribution in [2.24, 2.45) is 0 Å². The second kappa shape index (κ2) is 5.49. The van der Waals surface area contributed by atoms with E-state index in [9.17, 15) is 4.79 Å². The zero-order valence-electron chi connectivity index (χ0n) is 10.0. The van der Waals surface area contributed by atoms with Crippen LogP contribution in [-0.2, 0) is 9.53 Å². The van der Waals surface area contributed by atoms with Crippen LogP contribution >= 0.6 is 12.2 Å². The van der Waals surface area contributed by atoms with Gasteiger partial charge < -0.3 is 15.4 Å². The smallest absolute Gasteiger partial charge is 0.337 e. The Morgan fingerprint density at radius 3 is 2.71 bits per heavy atom. The molecule has 2 N–H and O–H groups in total. The molecule has 1 heterocycles. The molecule has 0 atom stereocenters. The summed E-state index contributed by atoms with van der Waals surface area (Å²) < 4.78 is 5.52. The van der Waals surface area contributed by atoms with Gasteiger partial charge >= 0.3 is 5.97 Å². The topological polar surface area (TPSA) is 50.4 Å². The van der Waals surface area contributed by atoms with Crippen LogP contribution in [0.5, 0.6) is 0 Å². The van der Waals surface area contributed by atoms with Crippen molar-refractivity contribution < 1.29 is 9.53 Å². The van der Waals surface area contributed by atoms with Gasteiger partial charge in [-0.05, 0) is 44.8 Å². The fourth-order valence-electron chi connectivity index (χ4n) is 2.22. The second-order valence-corrected chi connectivity index (χ2v) is 4.98. The highest BCUT2D eigenvalue weighted by molar-refractivity contribution is 7.80. The van der Waals surface area contributed by atoms with Gasteiger partial charge in [-0.3, -0.25) is 0 Å². The van der Waals surface area contributed by atoms with Gasteiger partial charge in [0, 0.05) is 5.70 Å². The number of esters is 1. The summed E-state index contributed by atoms with van der Waals surface area (Å²) >= 11 is 4.98. The third-order valence-electron chi connectivity index (χ3n) is 3.25. The highest BCUT2D eigenvalue weighted by atomic mass is 32.1. The molecule has 0 bridgehead atoms. The van der Waals surface area contributed by atoms with E-state index in [1.54, 1.807) is 0 Å². The minimum Gasteiger partial charge on any atom is -0.459 e. The molecular formula is C12H18N2O2S. The van der Waals surface area contributed by atoms with Crippen LogP contribution in [0.2, 0.25) is 0 Å². The second-order valence-electron chi connectivity index (χ2n) is 4.58. The van der Waals surface area contributed by atoms with E-state index in [0.29, 0.717) is 17.2 Å². The van der Waals surface area contributed by atoms with Crippen LogP contribution in [0.15, 0.2) is 11.3 Å². The Labute approximate surface area is 107 Å². The Hall–Kier alpha value is -1.10. The van der Waals surface area contributed by atoms with Crippen LogP contribution in [0.4, 0.5) is 0 Å². The number of carbonyl (C=O) groups is 1. The molecule has 1 saturated carbocycles. The summed E-state index contributed by atoms with van der Waals surface area (Å²) in [5, 5.41) is 6.46. The third kappa shape index (κ3) is 3.19. The predicted molar refractivity (Wildman–Crippen MR) is 69.4 cm³/mol. The van der Waals surface area contributed by atoms with Crippen molar-refractivity contribution in [3.05, 3.63) is 11.3 Å². The van der Waals surface area contributed by atoms with E-state index in [0.717, 1.165) is 31.4 Å². The Bertz CT molecular complexity index is 360. The summed E-state index contributed by atoms with van der Waals surface area (Å²) in [6.45, 7) is 2.31. The van der Waals surface area contributed by atoms with Gasteiger partial charge in [0.05, 0.1) is 12.1 Å². The van der Waals surface area contributed by atoms with Crippen molar-refractivity contribution in [2.45, 2.75) is 45.1 Å². The Morgan fingerprint density at radius 1 is 1.35 bits per heavy atom. The predicted octanol–water partition coefficient (Wildman–Crippen LogP) is 1.61. The van der Waals surface area contributed by atoms with Crippen molar-refractivity contribution in [2.75, 3.05) is 6.54 Å². The van der Waals surface area contributed by atoms with Crippen LogP contribution in [0.1, 0.15) is 39.0 Å². The Kier molecular flexibility index (Phi) is 3.99. The van der Waals surface area contributed by atoms with Crippen molar-refractivity contribution in [3.8, 4) is 0 Å². The molecule has 0 amide bonds. The van der Waals surface area contributed by atoms with E-state index in [2.05, 4.69) is 10.6 Å². The standard InChI is InChI=1S/C12H18N2O2S/c1-8-10(7-13-12(17)14-8)11(15)16-9-5-3-2-4-6-9/h9H,2-7H2,1H3,(H2,13,14,17). The molecule has 5 heteroatoms. The lowest BCUT2D eigenvalue weighted by molar-refractivity contribution is -0.145. The number of carbonyl (C=O) groups excluding carboxylic acids is 1. The summed E-state index contributed by atoms with van der Waals surface area (Å²) in [6, 6.07) is 0. The van der Waals surface area contributed by atoms with Crippen LogP contribution < -0.4 is 10.6 Å². The van der Waals surface area contributed by atoms with E-state index in [1.807, 2.05) is 6.92 Å². The molecule has 2 rings (SSSR count). The van der Waals surface area contributed by atoms with Crippen LogP contribution in [0.3, 0.4) is 0 Å². The minimum absolute atomic E-state index is 0.102. The van der Waals surface area contributed by atoms with Gasteiger partial charge in [0.25, 0.3) is 0 Å². The first-order valence-corrected chi connectivity index (χ1v) is 6.53. The Balaban J connectivity index is 1.95. The maximum absolute atomic E-state index is 12.0. The monoisotopic (exact) mass is 254 g/mol. The summed E-state index contributed by atoms with van der Waals surface area (Å²) in [7, 11) is 0. The molecule has 0 unspecified atom stereocenters. The molecule has 0 radical (unpaired) electrons. The molecular weight excluding hydrogens is 236 g/mol. The summed E-state index contributed by atoms with van der Waals surface area (Å²) in [5.41, 5.74) is 1.46. The zero-order valence-corrected chi connectivity index (χ0v) is 10.9. The van der Waals surface area contributed by atoms with Gasteiger partial charge in [-0.2, -0.15) is 0 Å². The Morgan fingerprint density at radius 2 is 2.06 bits per heavy atom. The van der Waals surface area contributed by atoms with E-state index >= 15 is 0 Å². The van der Waals surface area contributed by atoms with Gasteiger partial charge in [-0.1, -0.05) is 6.42 Å². The van der Waals surface area contributed by atoms with Gasteiger partial charge in [-0.25, -0.2) is 4.79 Å². The third-order valence-corrected chi connectivity index (χ3v) is 3.50. The maximum atomic E-state index is 12.0. The molecule has 1 fully saturated rings. The number of rotatable bonds is 2. The fraction of sp³-hybridized carbons (Fsp3) is 0.667. The highest BCUT2D eigenvalue weighted by Gasteiger charge is 2.23. The van der Waals surface area contributed by atoms with Crippen molar-refractivity contribution >= 4 is 23.3 Å². The number of ether oxygens (including phenoxy) is 1. The van der Waals surface area contributed by atoms with Gasteiger partial charge in [-0.15, -0.1) is 0 Å². The average molecular weight is 254 g/mol. The lowest BCUT2D eigenvalue weighted by Crippen LogP contribution is -2.43. The minimum atomic E-state index is -0.211. The molecule has 94 valence electrons. The van der Waals surface area contributed by atoms with E-state index < -0.39 is 0 Å². The van der Waals surface area contributed by atoms with Gasteiger partial charge in [0.1, 0.15) is 6.10 Å². The molecule has 0 spiro atoms. The summed E-state index contributed by atoms with van der Waals surface area (Å²) in [5.74, 6) is -0.211. The molecule has 17 heavy (non-hydrogen) atoms. The molecule has 1 aliphatic heterocycles. The molecule has 2 aliphatic rings. The SMILES string of the molecule is CC1=C(C(=O)OC2CCCCC2)CNC(=S)N1. The van der Waals surface area contributed by atoms with Crippen molar-refractivity contribution in [1.29, 1.82) is 0 Å². The van der Waals surface area contributed by atoms with E-state index in [4.69, 9.17) is 17.0 Å². The lowest BCUT2D eigenvalue weighted by atomic mass is 9.98. The van der Waals surface area contributed by atoms with E-state index in [1.165, 1.54) is 6.42 Å². The number of hydrogen-bond donors (Lipinski definition) is 2. The largest absolute Gasteiger partial charge is 0.459 e. The normalized spacial score (nSPS) is 21.8. The number of hydrogen-bond acceptors (Lipinski definition) is 3. The first-order valence-electron chi connectivity index (χ1n) is 6.12. The van der Waals surface area contributed by atoms with Crippen molar-refractivity contribution in [1.82, 2.24) is 10.6 Å². The summed E-state index contributed by atoms with van der Waals surface area (Å²) in [4.78, 5) is 12.0. The quantitative estimate of drug-likeness (QED) is 0.579. The van der Waals surface area contributed by atoms with Crippen molar-refractivity contribution in [3.63, 3.8) is 0 Å². The summed E-state index contributed by atoms with van der Waals surface area (Å²) in [6.07, 6.45) is 5.68. The highest BCUT2D eigenvalue weighted by Crippen LogP contribution is 2.21. The van der Waals surface area contributed by atoms with Gasteiger partial charge in [0.2, 0.25) is 0 Å². The zero-order chi connectivity index (χ0) is 12.3. The molecule has 1 aliphatic carbocycles. The molecule has 0 aromatic carbocycles. The number of thiocarbonyl (C=S) groups is 1. The number of nitrogens with one attached hydrogen (secondary N) is 2. The average Bonchev–Trinajstić information content (AvgIpc) is 2.30. The fourth-order valence-corrected chi connectivity index (χ4v) is 2.45. The lowest BCUT2D eigenvalue weighted by Gasteiger charge is -2.25. The van der Waals surface area contributed by atoms with Gasteiger partial charge in [0.15, 0.2) is 5.11 Å². The molecule has 4 nitrogen and oxygen atoms in total. The van der Waals surface area contributed by atoms with Crippen LogP contribution in [-0.4, -0.2) is 23.7 Å². The van der Waals surface area contributed by atoms with Crippen LogP contribution in [0.25, 0.3) is 0 Å². The van der Waals surface area contributed by atoms with E-state index in [-0.39, 0.29) is 12.1 Å². The number of allylic oxidation sites excluding steroid dienone is 1. The first kappa shape index (κ1) is 12.4. The van der Waals surface area contributed by atoms with Crippen LogP contribution in [0, 0.1) is 0 Å². The first-order chi connectivity index (χ1) is 8.16.